The second-order valence-electron chi connectivity index (χ2n) is 5.14. The third-order valence-electron chi connectivity index (χ3n) is 4.10. The number of benzene rings is 1. The molecule has 0 aliphatic carbocycles. The van der Waals surface area contributed by atoms with Crippen LogP contribution in [-0.4, -0.2) is 32.2 Å². The van der Waals surface area contributed by atoms with Crippen molar-refractivity contribution in [2.45, 2.75) is 18.4 Å². The number of nitrogens with one attached hydrogen (secondary N) is 2. The number of fused-ring (bicyclic) bond motifs is 2. The van der Waals surface area contributed by atoms with Crippen LogP contribution in [0.5, 0.6) is 0 Å². The van der Waals surface area contributed by atoms with E-state index in [2.05, 4.69) is 10.6 Å². The summed E-state index contributed by atoms with van der Waals surface area (Å²) in [5.74, 6) is -0.144. The molecule has 102 valence electrons. The fraction of sp³-hybridized carbons (Fsp3) is 0.500. The van der Waals surface area contributed by atoms with Crippen LogP contribution in [0, 0.1) is 5.92 Å². The zero-order valence-electron chi connectivity index (χ0n) is 10.8. The number of piperidine rings is 1. The highest BCUT2D eigenvalue weighted by molar-refractivity contribution is 6.30. The Kier molecular flexibility index (Phi) is 3.37. The number of carbonyl (C=O) groups is 1. The van der Waals surface area contributed by atoms with E-state index in [0.29, 0.717) is 11.1 Å². The minimum Gasteiger partial charge on any atom is -0.469 e. The zero-order valence-corrected chi connectivity index (χ0v) is 11.5. The topological polar surface area (TPSA) is 50.4 Å². The van der Waals surface area contributed by atoms with Crippen LogP contribution in [-0.2, 0) is 9.53 Å². The van der Waals surface area contributed by atoms with Crippen molar-refractivity contribution in [2.75, 3.05) is 25.5 Å². The first-order chi connectivity index (χ1) is 9.20. The van der Waals surface area contributed by atoms with Crippen molar-refractivity contribution in [1.82, 2.24) is 5.32 Å². The largest absolute Gasteiger partial charge is 0.469 e. The summed E-state index contributed by atoms with van der Waals surface area (Å²) in [5.41, 5.74) is 1.95. The Morgan fingerprint density at radius 3 is 3.11 bits per heavy atom. The van der Waals surface area contributed by atoms with E-state index in [1.807, 2.05) is 18.2 Å². The number of ether oxygens (including phenoxy) is 1. The molecule has 3 atom stereocenters. The molecule has 1 aromatic carbocycles. The van der Waals surface area contributed by atoms with E-state index in [4.69, 9.17) is 16.3 Å². The smallest absolute Gasteiger partial charge is 0.313 e. The molecule has 2 aliphatic rings. The molecule has 1 fully saturated rings. The Bertz CT molecular complexity index is 506. The monoisotopic (exact) mass is 280 g/mol. The molecule has 1 aromatic rings. The van der Waals surface area contributed by atoms with Crippen LogP contribution < -0.4 is 10.6 Å². The summed E-state index contributed by atoms with van der Waals surface area (Å²) >= 11 is 6.04. The summed E-state index contributed by atoms with van der Waals surface area (Å²) in [6, 6.07) is 5.95. The van der Waals surface area contributed by atoms with E-state index in [-0.39, 0.29) is 17.8 Å². The Hall–Kier alpha value is -1.26. The predicted octanol–water partition coefficient (Wildman–Crippen LogP) is 2.00. The van der Waals surface area contributed by atoms with Crippen LogP contribution in [0.4, 0.5) is 5.69 Å². The van der Waals surface area contributed by atoms with E-state index in [1.54, 1.807) is 0 Å². The molecule has 0 aromatic heterocycles. The van der Waals surface area contributed by atoms with Gasteiger partial charge in [-0.05, 0) is 30.7 Å². The SMILES string of the molecule is COC(=O)C1c2ccc(Cl)cc2NC2CCNCC21. The Morgan fingerprint density at radius 1 is 1.47 bits per heavy atom. The third kappa shape index (κ3) is 2.19. The molecule has 1 saturated heterocycles. The lowest BCUT2D eigenvalue weighted by atomic mass is 9.75. The van der Waals surface area contributed by atoms with Gasteiger partial charge in [-0.3, -0.25) is 4.79 Å². The highest BCUT2D eigenvalue weighted by atomic mass is 35.5. The van der Waals surface area contributed by atoms with E-state index in [0.717, 1.165) is 30.8 Å². The number of esters is 1. The Balaban J connectivity index is 2.05. The maximum absolute atomic E-state index is 12.2. The minimum absolute atomic E-state index is 0.163. The minimum atomic E-state index is -0.212. The molecule has 0 amide bonds. The van der Waals surface area contributed by atoms with Crippen LogP contribution in [0.2, 0.25) is 5.02 Å². The first-order valence-electron chi connectivity index (χ1n) is 6.55. The van der Waals surface area contributed by atoms with Crippen molar-refractivity contribution in [3.63, 3.8) is 0 Å². The van der Waals surface area contributed by atoms with Crippen LogP contribution in [0.1, 0.15) is 17.9 Å². The van der Waals surface area contributed by atoms with Gasteiger partial charge in [-0.15, -0.1) is 0 Å². The summed E-state index contributed by atoms with van der Waals surface area (Å²) in [7, 11) is 1.45. The van der Waals surface area contributed by atoms with Gasteiger partial charge >= 0.3 is 5.97 Å². The Labute approximate surface area is 117 Å². The molecule has 0 saturated carbocycles. The lowest BCUT2D eigenvalue weighted by molar-refractivity contribution is -0.144. The van der Waals surface area contributed by atoms with Crippen molar-refractivity contribution in [3.05, 3.63) is 28.8 Å². The second-order valence-corrected chi connectivity index (χ2v) is 5.58. The number of hydrogen-bond donors (Lipinski definition) is 2. The number of anilines is 1. The quantitative estimate of drug-likeness (QED) is 0.773. The number of halogens is 1. The van der Waals surface area contributed by atoms with Crippen molar-refractivity contribution in [3.8, 4) is 0 Å². The van der Waals surface area contributed by atoms with Crippen LogP contribution in [0.25, 0.3) is 0 Å². The molecular weight excluding hydrogens is 264 g/mol. The average molecular weight is 281 g/mol. The van der Waals surface area contributed by atoms with Gasteiger partial charge < -0.3 is 15.4 Å². The van der Waals surface area contributed by atoms with Gasteiger partial charge in [-0.25, -0.2) is 0 Å². The maximum atomic E-state index is 12.2. The van der Waals surface area contributed by atoms with E-state index < -0.39 is 0 Å². The molecule has 2 N–H and O–H groups in total. The van der Waals surface area contributed by atoms with Gasteiger partial charge in [0.25, 0.3) is 0 Å². The Morgan fingerprint density at radius 2 is 2.32 bits per heavy atom. The summed E-state index contributed by atoms with van der Waals surface area (Å²) < 4.78 is 5.00. The molecule has 0 radical (unpaired) electrons. The van der Waals surface area contributed by atoms with Crippen molar-refractivity contribution in [1.29, 1.82) is 0 Å². The standard InChI is InChI=1S/C14H17ClN2O2/c1-19-14(18)13-9-3-2-8(15)6-12(9)17-11-4-5-16-7-10(11)13/h2-3,6,10-11,13,16-17H,4-5,7H2,1H3. The normalized spacial score (nSPS) is 28.8. The summed E-state index contributed by atoms with van der Waals surface area (Å²) in [6.45, 7) is 1.80. The highest BCUT2D eigenvalue weighted by Crippen LogP contribution is 2.41. The molecule has 19 heavy (non-hydrogen) atoms. The second kappa shape index (κ2) is 5.02. The van der Waals surface area contributed by atoms with Crippen molar-refractivity contribution in [2.24, 2.45) is 5.92 Å². The number of hydrogen-bond acceptors (Lipinski definition) is 4. The molecule has 0 bridgehead atoms. The fourth-order valence-corrected chi connectivity index (χ4v) is 3.37. The summed E-state index contributed by atoms with van der Waals surface area (Å²) in [5, 5.41) is 7.56. The van der Waals surface area contributed by atoms with E-state index in [9.17, 15) is 4.79 Å². The molecular formula is C14H17ClN2O2. The number of rotatable bonds is 1. The zero-order chi connectivity index (χ0) is 13.4. The summed E-state index contributed by atoms with van der Waals surface area (Å²) in [6.07, 6.45) is 1.00. The van der Waals surface area contributed by atoms with Crippen molar-refractivity contribution < 1.29 is 9.53 Å². The van der Waals surface area contributed by atoms with E-state index >= 15 is 0 Å². The van der Waals surface area contributed by atoms with Crippen LogP contribution >= 0.6 is 11.6 Å². The van der Waals surface area contributed by atoms with Crippen molar-refractivity contribution >= 4 is 23.3 Å². The van der Waals surface area contributed by atoms with Gasteiger partial charge in [0, 0.05) is 29.2 Å². The first kappa shape index (κ1) is 12.8. The molecule has 5 heteroatoms. The number of methoxy groups -OCH3 is 1. The molecule has 0 spiro atoms. The summed E-state index contributed by atoms with van der Waals surface area (Å²) in [4.78, 5) is 12.2. The molecule has 2 heterocycles. The lowest BCUT2D eigenvalue weighted by Gasteiger charge is -2.42. The van der Waals surface area contributed by atoms with Gasteiger partial charge in [-0.1, -0.05) is 17.7 Å². The maximum Gasteiger partial charge on any atom is 0.313 e. The third-order valence-corrected chi connectivity index (χ3v) is 4.34. The fourth-order valence-electron chi connectivity index (χ4n) is 3.20. The van der Waals surface area contributed by atoms with Crippen LogP contribution in [0.3, 0.4) is 0 Å². The molecule has 3 rings (SSSR count). The lowest BCUT2D eigenvalue weighted by Crippen LogP contribution is -2.50. The highest BCUT2D eigenvalue weighted by Gasteiger charge is 2.42. The molecule has 4 nitrogen and oxygen atoms in total. The molecule has 2 aliphatic heterocycles. The average Bonchev–Trinajstić information content (AvgIpc) is 2.43. The van der Waals surface area contributed by atoms with Gasteiger partial charge in [0.1, 0.15) is 0 Å². The van der Waals surface area contributed by atoms with Gasteiger partial charge in [0.15, 0.2) is 0 Å². The van der Waals surface area contributed by atoms with Gasteiger partial charge in [-0.2, -0.15) is 0 Å². The van der Waals surface area contributed by atoms with E-state index in [1.165, 1.54) is 7.11 Å². The van der Waals surface area contributed by atoms with Gasteiger partial charge in [0.05, 0.1) is 13.0 Å². The van der Waals surface area contributed by atoms with Gasteiger partial charge in [0.2, 0.25) is 0 Å². The van der Waals surface area contributed by atoms with Crippen LogP contribution in [0.15, 0.2) is 18.2 Å². The first-order valence-corrected chi connectivity index (χ1v) is 6.93. The number of carbonyl (C=O) groups excluding carboxylic acids is 1. The molecule has 3 unspecified atom stereocenters. The predicted molar refractivity (Wildman–Crippen MR) is 74.6 cm³/mol.